The number of hydrogen-bond acceptors (Lipinski definition) is 8. The topological polar surface area (TPSA) is 128 Å². The fraction of sp³-hybridized carbons (Fsp3) is 0.882. The lowest BCUT2D eigenvalue weighted by Gasteiger charge is -2.25. The van der Waals surface area contributed by atoms with Crippen LogP contribution in [0.1, 0.15) is 126 Å². The number of aldehydes is 2. The SMILES string of the molecule is CC.CC.CC1CCCN1C.CCC.CCNC.CNC(C=O)C1CCCCC1.CO.O=CNC(CC1CC1)C(=O)C=O. The summed E-state index contributed by atoms with van der Waals surface area (Å²) in [5, 5.41) is 15.3. The van der Waals surface area contributed by atoms with E-state index in [2.05, 4.69) is 55.6 Å². The molecule has 2 saturated carbocycles. The minimum absolute atomic E-state index is 0.107. The molecule has 0 aromatic carbocycles. The van der Waals surface area contributed by atoms with Crippen LogP contribution in [0.3, 0.4) is 0 Å². The largest absolute Gasteiger partial charge is 0.400 e. The van der Waals surface area contributed by atoms with Crippen LogP contribution in [0, 0.1) is 11.8 Å². The lowest BCUT2D eigenvalue weighted by Crippen LogP contribution is -2.36. The number of likely N-dealkylation sites (N-methyl/N-ethyl adjacent to an activating group) is 1. The summed E-state index contributed by atoms with van der Waals surface area (Å²) in [5.41, 5.74) is 0. The van der Waals surface area contributed by atoms with Crippen LogP contribution in [0.4, 0.5) is 0 Å². The molecule has 0 bridgehead atoms. The summed E-state index contributed by atoms with van der Waals surface area (Å²) in [6, 6.07) is 0.364. The average Bonchev–Trinajstić information content (AvgIpc) is 3.82. The Morgan fingerprint density at radius 2 is 1.37 bits per heavy atom. The Hall–Kier alpha value is -1.68. The first kappa shape index (κ1) is 50.9. The van der Waals surface area contributed by atoms with Gasteiger partial charge in [0.15, 0.2) is 6.29 Å². The van der Waals surface area contributed by atoms with E-state index in [-0.39, 0.29) is 12.3 Å². The fourth-order valence-electron chi connectivity index (χ4n) is 4.10. The first-order valence-corrected chi connectivity index (χ1v) is 16.9. The molecule has 43 heavy (non-hydrogen) atoms. The predicted molar refractivity (Wildman–Crippen MR) is 185 cm³/mol. The summed E-state index contributed by atoms with van der Waals surface area (Å²) >= 11 is 0. The highest BCUT2D eigenvalue weighted by Crippen LogP contribution is 2.33. The van der Waals surface area contributed by atoms with Crippen molar-refractivity contribution in [3.8, 4) is 0 Å². The van der Waals surface area contributed by atoms with Crippen molar-refractivity contribution in [3.63, 3.8) is 0 Å². The van der Waals surface area contributed by atoms with Crippen LogP contribution in [0.5, 0.6) is 0 Å². The van der Waals surface area contributed by atoms with Gasteiger partial charge in [0.1, 0.15) is 6.29 Å². The Morgan fingerprint density at radius 1 is 0.884 bits per heavy atom. The number of ketones is 1. The molecule has 1 amide bonds. The molecule has 9 heteroatoms. The van der Waals surface area contributed by atoms with Crippen LogP contribution in [0.2, 0.25) is 0 Å². The summed E-state index contributed by atoms with van der Waals surface area (Å²) in [6.45, 7) is 19.0. The second-order valence-corrected chi connectivity index (χ2v) is 10.3. The molecule has 4 N–H and O–H groups in total. The summed E-state index contributed by atoms with van der Waals surface area (Å²) < 4.78 is 0. The Morgan fingerprint density at radius 3 is 1.63 bits per heavy atom. The number of rotatable bonds is 10. The Bertz CT molecular complexity index is 561. The maximum Gasteiger partial charge on any atom is 0.217 e. The number of Topliss-reactive ketones (excluding diaryl/α,β-unsaturated/α-hetero) is 1. The van der Waals surface area contributed by atoms with Crippen molar-refractivity contribution < 1.29 is 24.3 Å². The molecule has 2 aliphatic carbocycles. The van der Waals surface area contributed by atoms with Crippen LogP contribution in [0.25, 0.3) is 0 Å². The Labute approximate surface area is 267 Å². The minimum Gasteiger partial charge on any atom is -0.400 e. The minimum atomic E-state index is -0.590. The summed E-state index contributed by atoms with van der Waals surface area (Å²) in [4.78, 5) is 44.0. The summed E-state index contributed by atoms with van der Waals surface area (Å²) in [5.74, 6) is 0.589. The second-order valence-electron chi connectivity index (χ2n) is 10.3. The van der Waals surface area contributed by atoms with Gasteiger partial charge in [-0.3, -0.25) is 14.4 Å². The van der Waals surface area contributed by atoms with Gasteiger partial charge in [-0.05, 0) is 85.1 Å². The summed E-state index contributed by atoms with van der Waals surface area (Å²) in [7, 11) is 6.99. The number of carbonyl (C=O) groups is 4. The van der Waals surface area contributed by atoms with Gasteiger partial charge in [0.05, 0.1) is 12.1 Å². The third-order valence-corrected chi connectivity index (χ3v) is 6.87. The third-order valence-electron chi connectivity index (χ3n) is 6.87. The number of aliphatic hydroxyl groups excluding tert-OH is 1. The van der Waals surface area contributed by atoms with Gasteiger partial charge in [-0.15, -0.1) is 0 Å². The first-order chi connectivity index (χ1) is 20.8. The van der Waals surface area contributed by atoms with E-state index in [0.29, 0.717) is 24.7 Å². The van der Waals surface area contributed by atoms with Crippen LogP contribution in [-0.4, -0.2) is 94.2 Å². The van der Waals surface area contributed by atoms with Crippen LogP contribution < -0.4 is 16.0 Å². The molecule has 3 fully saturated rings. The van der Waals surface area contributed by atoms with E-state index < -0.39 is 11.8 Å². The van der Waals surface area contributed by atoms with Gasteiger partial charge in [-0.2, -0.15) is 0 Å². The normalized spacial score (nSPS) is 18.0. The zero-order valence-corrected chi connectivity index (χ0v) is 30.3. The van der Waals surface area contributed by atoms with Crippen LogP contribution in [0.15, 0.2) is 0 Å². The molecule has 1 saturated heterocycles. The summed E-state index contributed by atoms with van der Waals surface area (Å²) in [6.07, 6.45) is 15.1. The van der Waals surface area contributed by atoms with Crippen molar-refractivity contribution in [1.29, 1.82) is 0 Å². The predicted octanol–water partition coefficient (Wildman–Crippen LogP) is 5.43. The monoisotopic (exact) mass is 619 g/mol. The molecule has 3 unspecified atom stereocenters. The van der Waals surface area contributed by atoms with E-state index in [4.69, 9.17) is 5.11 Å². The molecule has 9 nitrogen and oxygen atoms in total. The molecule has 3 atom stereocenters. The van der Waals surface area contributed by atoms with E-state index in [0.717, 1.165) is 38.8 Å². The van der Waals surface area contributed by atoms with Gasteiger partial charge in [0.2, 0.25) is 12.2 Å². The smallest absolute Gasteiger partial charge is 0.217 e. The van der Waals surface area contributed by atoms with E-state index >= 15 is 0 Å². The average molecular weight is 619 g/mol. The number of amides is 1. The van der Waals surface area contributed by atoms with E-state index in [1.54, 1.807) is 0 Å². The third kappa shape index (κ3) is 34.7. The molecular weight excluding hydrogens is 544 g/mol. The van der Waals surface area contributed by atoms with Crippen molar-refractivity contribution in [3.05, 3.63) is 0 Å². The molecule has 0 aromatic rings. The Kier molecular flexibility index (Phi) is 50.3. The van der Waals surface area contributed by atoms with Crippen molar-refractivity contribution in [2.75, 3.05) is 41.3 Å². The number of likely N-dealkylation sites (tertiary alicyclic amines) is 1. The maximum absolute atomic E-state index is 10.9. The molecule has 1 heterocycles. The first-order valence-electron chi connectivity index (χ1n) is 16.9. The zero-order valence-electron chi connectivity index (χ0n) is 30.3. The molecule has 1 aliphatic heterocycles. The van der Waals surface area contributed by atoms with Gasteiger partial charge < -0.3 is 30.8 Å². The number of hydrogen-bond donors (Lipinski definition) is 4. The van der Waals surface area contributed by atoms with Crippen molar-refractivity contribution in [2.45, 2.75) is 144 Å². The van der Waals surface area contributed by atoms with Crippen molar-refractivity contribution in [2.24, 2.45) is 11.8 Å². The molecule has 0 spiro atoms. The lowest BCUT2D eigenvalue weighted by atomic mass is 9.84. The number of nitrogens with one attached hydrogen (secondary N) is 3. The van der Waals surface area contributed by atoms with E-state index in [1.807, 2.05) is 41.8 Å². The second kappa shape index (κ2) is 42.5. The number of carbonyl (C=O) groups excluding carboxylic acids is 4. The van der Waals surface area contributed by atoms with Gasteiger partial charge in [0.25, 0.3) is 0 Å². The van der Waals surface area contributed by atoms with Gasteiger partial charge in [-0.1, -0.05) is 87.0 Å². The van der Waals surface area contributed by atoms with Gasteiger partial charge >= 0.3 is 0 Å². The zero-order chi connectivity index (χ0) is 34.5. The quantitative estimate of drug-likeness (QED) is 0.189. The number of aliphatic hydroxyl groups is 1. The Balaban J connectivity index is -0.000000143. The number of nitrogens with zero attached hydrogens (tertiary/aromatic N) is 1. The van der Waals surface area contributed by atoms with Gasteiger partial charge in [0, 0.05) is 13.2 Å². The fourth-order valence-corrected chi connectivity index (χ4v) is 4.10. The molecular formula is C34H74N4O5. The molecule has 260 valence electrons. The van der Waals surface area contributed by atoms with Crippen LogP contribution in [-0.2, 0) is 19.2 Å². The standard InChI is InChI=1S/C9H17NO.C8H11NO3.C6H13N.C3H9N.C3H8.2C2H6.CH4O/c1-10-9(7-11)8-5-3-2-4-6-8;10-4-8(12)7(9-5-11)3-6-1-2-6;1-6-4-3-5-7(6)2;1-3-4-2;1-3-2;3*1-2/h7-10H,2-6H2,1H3;4-7H,1-3H2,(H,9,11);6H,3-5H2,1-2H3;4H,3H2,1-2H3;3H2,1-2H3;2*1-2H3;2H,1H3. The van der Waals surface area contributed by atoms with E-state index in [9.17, 15) is 19.2 Å². The maximum atomic E-state index is 10.9. The molecule has 3 rings (SSSR count). The van der Waals surface area contributed by atoms with Crippen molar-refractivity contribution in [1.82, 2.24) is 20.9 Å². The molecule has 0 radical (unpaired) electrons. The van der Waals surface area contributed by atoms with E-state index in [1.165, 1.54) is 57.9 Å². The van der Waals surface area contributed by atoms with Gasteiger partial charge in [-0.25, -0.2) is 0 Å². The van der Waals surface area contributed by atoms with Crippen LogP contribution >= 0.6 is 0 Å². The highest BCUT2D eigenvalue weighted by Gasteiger charge is 2.28. The highest BCUT2D eigenvalue weighted by atomic mass is 16.2. The molecule has 0 aromatic heterocycles. The highest BCUT2D eigenvalue weighted by molar-refractivity contribution is 6.27. The molecule has 3 aliphatic rings. The van der Waals surface area contributed by atoms with Crippen molar-refractivity contribution >= 4 is 24.8 Å². The lowest BCUT2D eigenvalue weighted by molar-refractivity contribution is -0.132.